The number of likely N-dealkylation sites (tertiary alicyclic amines) is 1. The van der Waals surface area contributed by atoms with Gasteiger partial charge in [-0.05, 0) is 50.9 Å². The predicted molar refractivity (Wildman–Crippen MR) is 97.1 cm³/mol. The van der Waals surface area contributed by atoms with Gasteiger partial charge in [0, 0.05) is 44.3 Å². The molecule has 0 aromatic carbocycles. The molecule has 2 fully saturated rings. The van der Waals surface area contributed by atoms with Crippen LogP contribution in [0.4, 0.5) is 5.69 Å². The number of amides is 1. The number of anilines is 1. The van der Waals surface area contributed by atoms with E-state index in [1.807, 2.05) is 24.5 Å². The van der Waals surface area contributed by atoms with Gasteiger partial charge < -0.3 is 15.1 Å². The zero-order valence-electron chi connectivity index (χ0n) is 14.6. The number of carbonyl (C=O) groups excluding carboxylic acids is 1. The Morgan fingerprint density at radius 3 is 2.58 bits per heavy atom. The Morgan fingerprint density at radius 2 is 1.83 bits per heavy atom. The summed E-state index contributed by atoms with van der Waals surface area (Å²) in [7, 11) is 0. The average Bonchev–Trinajstić information content (AvgIpc) is 2.91. The van der Waals surface area contributed by atoms with Gasteiger partial charge in [0.15, 0.2) is 0 Å². The minimum absolute atomic E-state index is 0.107. The van der Waals surface area contributed by atoms with Gasteiger partial charge in [-0.25, -0.2) is 0 Å². The smallest absolute Gasteiger partial charge is 0.224 e. The molecule has 132 valence electrons. The molecule has 2 saturated heterocycles. The van der Waals surface area contributed by atoms with E-state index in [-0.39, 0.29) is 11.8 Å². The first-order valence-corrected chi connectivity index (χ1v) is 9.48. The third-order valence-corrected chi connectivity index (χ3v) is 5.25. The second-order valence-corrected chi connectivity index (χ2v) is 7.04. The summed E-state index contributed by atoms with van der Waals surface area (Å²) in [6.07, 6.45) is 11.0. The number of pyridine rings is 1. The van der Waals surface area contributed by atoms with E-state index in [2.05, 4.69) is 20.1 Å². The first-order valence-electron chi connectivity index (χ1n) is 9.48. The maximum atomic E-state index is 12.5. The summed E-state index contributed by atoms with van der Waals surface area (Å²) in [4.78, 5) is 21.4. The number of piperidine rings is 1. The van der Waals surface area contributed by atoms with Gasteiger partial charge in [-0.3, -0.25) is 9.78 Å². The lowest BCUT2D eigenvalue weighted by Gasteiger charge is -2.33. The monoisotopic (exact) mass is 330 g/mol. The quantitative estimate of drug-likeness (QED) is 0.900. The molecule has 3 rings (SSSR count). The molecule has 0 spiro atoms. The van der Waals surface area contributed by atoms with Crippen LogP contribution in [0.25, 0.3) is 0 Å². The van der Waals surface area contributed by atoms with Gasteiger partial charge in [-0.1, -0.05) is 12.8 Å². The van der Waals surface area contributed by atoms with Crippen LogP contribution in [0, 0.1) is 5.92 Å². The highest BCUT2D eigenvalue weighted by Crippen LogP contribution is 2.22. The summed E-state index contributed by atoms with van der Waals surface area (Å²) < 4.78 is 0. The van der Waals surface area contributed by atoms with Gasteiger partial charge >= 0.3 is 0 Å². The van der Waals surface area contributed by atoms with E-state index in [1.54, 1.807) is 0 Å². The van der Waals surface area contributed by atoms with Crippen molar-refractivity contribution in [1.29, 1.82) is 0 Å². The number of nitrogens with zero attached hydrogens (tertiary/aromatic N) is 3. The molecule has 0 bridgehead atoms. The van der Waals surface area contributed by atoms with Crippen LogP contribution in [0.5, 0.6) is 0 Å². The number of carbonyl (C=O) groups is 1. The standard InChI is InChI=1S/C19H30N4O/c24-19(21-11-15-22-12-3-1-2-4-13-22)17-6-5-14-23(16-17)18-7-9-20-10-8-18/h7-10,17H,1-6,11-16H2,(H,21,24)/t17-/m1/s1. The summed E-state index contributed by atoms with van der Waals surface area (Å²) in [5.41, 5.74) is 1.17. The lowest BCUT2D eigenvalue weighted by molar-refractivity contribution is -0.125. The van der Waals surface area contributed by atoms with Crippen molar-refractivity contribution in [2.75, 3.05) is 44.2 Å². The maximum absolute atomic E-state index is 12.5. The number of hydrogen-bond donors (Lipinski definition) is 1. The van der Waals surface area contributed by atoms with Crippen molar-refractivity contribution < 1.29 is 4.79 Å². The molecule has 2 aliphatic rings. The van der Waals surface area contributed by atoms with E-state index in [0.29, 0.717) is 0 Å². The molecule has 1 amide bonds. The first kappa shape index (κ1) is 17.2. The molecular weight excluding hydrogens is 300 g/mol. The lowest BCUT2D eigenvalue weighted by atomic mass is 9.96. The van der Waals surface area contributed by atoms with Crippen molar-refractivity contribution in [3.8, 4) is 0 Å². The van der Waals surface area contributed by atoms with Crippen LogP contribution in [0.2, 0.25) is 0 Å². The Morgan fingerprint density at radius 1 is 1.08 bits per heavy atom. The zero-order chi connectivity index (χ0) is 16.6. The fraction of sp³-hybridized carbons (Fsp3) is 0.684. The highest BCUT2D eigenvalue weighted by molar-refractivity contribution is 5.79. The second kappa shape index (κ2) is 9.02. The van der Waals surface area contributed by atoms with Gasteiger partial charge in [0.2, 0.25) is 5.91 Å². The van der Waals surface area contributed by atoms with Gasteiger partial charge in [0.25, 0.3) is 0 Å². The molecular formula is C19H30N4O. The molecule has 0 saturated carbocycles. The van der Waals surface area contributed by atoms with E-state index in [0.717, 1.165) is 39.0 Å². The van der Waals surface area contributed by atoms with E-state index >= 15 is 0 Å². The second-order valence-electron chi connectivity index (χ2n) is 7.04. The molecule has 1 N–H and O–H groups in total. The molecule has 0 radical (unpaired) electrons. The number of aromatic nitrogens is 1. The molecule has 24 heavy (non-hydrogen) atoms. The third kappa shape index (κ3) is 4.94. The Hall–Kier alpha value is -1.62. The van der Waals surface area contributed by atoms with E-state index < -0.39 is 0 Å². The van der Waals surface area contributed by atoms with E-state index in [4.69, 9.17) is 0 Å². The molecule has 1 aromatic rings. The maximum Gasteiger partial charge on any atom is 0.224 e. The first-order chi connectivity index (χ1) is 11.8. The Kier molecular flexibility index (Phi) is 6.47. The van der Waals surface area contributed by atoms with E-state index in [9.17, 15) is 4.79 Å². The molecule has 3 heterocycles. The largest absolute Gasteiger partial charge is 0.371 e. The molecule has 2 aliphatic heterocycles. The van der Waals surface area contributed by atoms with Crippen molar-refractivity contribution in [2.45, 2.75) is 38.5 Å². The topological polar surface area (TPSA) is 48.5 Å². The Balaban J connectivity index is 1.42. The van der Waals surface area contributed by atoms with Crippen LogP contribution in [0.15, 0.2) is 24.5 Å². The summed E-state index contributed by atoms with van der Waals surface area (Å²) >= 11 is 0. The Bertz CT molecular complexity index is 499. The predicted octanol–water partition coefficient (Wildman–Crippen LogP) is 2.29. The SMILES string of the molecule is O=C(NCCN1CCCCCC1)[C@@H]1CCCN(c2ccncc2)C1. The highest BCUT2D eigenvalue weighted by atomic mass is 16.1. The highest BCUT2D eigenvalue weighted by Gasteiger charge is 2.25. The molecule has 5 heteroatoms. The van der Waals surface area contributed by atoms with Gasteiger partial charge in [-0.2, -0.15) is 0 Å². The van der Waals surface area contributed by atoms with Crippen molar-refractivity contribution >= 4 is 11.6 Å². The van der Waals surface area contributed by atoms with Crippen LogP contribution in [0.3, 0.4) is 0 Å². The minimum atomic E-state index is 0.107. The normalized spacial score (nSPS) is 22.8. The molecule has 1 aromatic heterocycles. The number of nitrogens with one attached hydrogen (secondary N) is 1. The summed E-state index contributed by atoms with van der Waals surface area (Å²) in [6, 6.07) is 4.05. The lowest BCUT2D eigenvalue weighted by Crippen LogP contribution is -2.44. The van der Waals surface area contributed by atoms with Crippen molar-refractivity contribution in [1.82, 2.24) is 15.2 Å². The molecule has 5 nitrogen and oxygen atoms in total. The van der Waals surface area contributed by atoms with Crippen molar-refractivity contribution in [2.24, 2.45) is 5.92 Å². The van der Waals surface area contributed by atoms with Crippen LogP contribution in [0.1, 0.15) is 38.5 Å². The minimum Gasteiger partial charge on any atom is -0.371 e. The summed E-state index contributed by atoms with van der Waals surface area (Å²) in [5, 5.41) is 3.17. The average molecular weight is 330 g/mol. The van der Waals surface area contributed by atoms with Gasteiger partial charge in [0.05, 0.1) is 5.92 Å². The number of rotatable bonds is 5. The fourth-order valence-corrected chi connectivity index (χ4v) is 3.82. The van der Waals surface area contributed by atoms with E-state index in [1.165, 1.54) is 44.5 Å². The number of hydrogen-bond acceptors (Lipinski definition) is 4. The molecule has 1 atom stereocenters. The van der Waals surface area contributed by atoms with Gasteiger partial charge in [0.1, 0.15) is 0 Å². The fourth-order valence-electron chi connectivity index (χ4n) is 3.82. The molecule has 0 unspecified atom stereocenters. The van der Waals surface area contributed by atoms with Crippen molar-refractivity contribution in [3.05, 3.63) is 24.5 Å². The van der Waals surface area contributed by atoms with Crippen molar-refractivity contribution in [3.63, 3.8) is 0 Å². The van der Waals surface area contributed by atoms with Crippen LogP contribution in [-0.2, 0) is 4.79 Å². The summed E-state index contributed by atoms with van der Waals surface area (Å²) in [5.74, 6) is 0.333. The third-order valence-electron chi connectivity index (χ3n) is 5.25. The van der Waals surface area contributed by atoms with Crippen LogP contribution >= 0.6 is 0 Å². The van der Waals surface area contributed by atoms with Gasteiger partial charge in [-0.15, -0.1) is 0 Å². The van der Waals surface area contributed by atoms with Crippen LogP contribution < -0.4 is 10.2 Å². The molecule has 0 aliphatic carbocycles. The zero-order valence-corrected chi connectivity index (χ0v) is 14.6. The van der Waals surface area contributed by atoms with Crippen LogP contribution in [-0.4, -0.2) is 55.1 Å². The Labute approximate surface area is 145 Å². The summed E-state index contributed by atoms with van der Waals surface area (Å²) in [6.45, 7) is 6.00.